The molecule has 0 aliphatic rings. The first-order chi connectivity index (χ1) is 15.0. The third kappa shape index (κ3) is 6.43. The number of amides is 1. The highest BCUT2D eigenvalue weighted by atomic mass is 79.9. The van der Waals surface area contributed by atoms with Gasteiger partial charge in [-0.2, -0.15) is 0 Å². The van der Waals surface area contributed by atoms with Crippen molar-refractivity contribution in [2.24, 2.45) is 4.99 Å². The lowest BCUT2D eigenvalue weighted by Crippen LogP contribution is -2.20. The Morgan fingerprint density at radius 1 is 1.03 bits per heavy atom. The van der Waals surface area contributed by atoms with E-state index in [4.69, 9.17) is 9.47 Å². The van der Waals surface area contributed by atoms with Crippen molar-refractivity contribution in [3.63, 3.8) is 0 Å². The summed E-state index contributed by atoms with van der Waals surface area (Å²) in [4.78, 5) is 16.8. The number of hydrogen-bond acceptors (Lipinski definition) is 4. The minimum atomic E-state index is -0.249. The van der Waals surface area contributed by atoms with E-state index in [9.17, 15) is 4.79 Å². The molecule has 0 atom stereocenters. The molecule has 0 spiro atoms. The molecular formula is C25H25BrN2O3. The van der Waals surface area contributed by atoms with Gasteiger partial charge in [0.15, 0.2) is 18.1 Å². The summed E-state index contributed by atoms with van der Waals surface area (Å²) in [6, 6.07) is 19.1. The van der Waals surface area contributed by atoms with E-state index >= 15 is 0 Å². The number of anilines is 1. The minimum Gasteiger partial charge on any atom is -0.490 e. The summed E-state index contributed by atoms with van der Waals surface area (Å²) in [7, 11) is 0. The Balaban J connectivity index is 1.74. The molecule has 0 fully saturated rings. The number of aryl methyl sites for hydroxylation is 2. The number of carbonyl (C=O) groups is 1. The molecule has 0 radical (unpaired) electrons. The fourth-order valence-corrected chi connectivity index (χ4v) is 3.45. The molecule has 3 aromatic rings. The van der Waals surface area contributed by atoms with Crippen LogP contribution in [0, 0.1) is 13.8 Å². The lowest BCUT2D eigenvalue weighted by atomic mass is 10.1. The number of carbonyl (C=O) groups excluding carboxylic acids is 1. The van der Waals surface area contributed by atoms with Crippen LogP contribution < -0.4 is 14.8 Å². The Morgan fingerprint density at radius 2 is 1.81 bits per heavy atom. The van der Waals surface area contributed by atoms with Crippen LogP contribution in [0.4, 0.5) is 11.4 Å². The van der Waals surface area contributed by atoms with Gasteiger partial charge in [0.1, 0.15) is 0 Å². The van der Waals surface area contributed by atoms with Crippen LogP contribution >= 0.6 is 15.9 Å². The maximum atomic E-state index is 12.2. The zero-order valence-corrected chi connectivity index (χ0v) is 19.4. The molecule has 0 saturated heterocycles. The summed E-state index contributed by atoms with van der Waals surface area (Å²) in [5.41, 5.74) is 4.89. The number of hydrogen-bond donors (Lipinski definition) is 1. The summed E-state index contributed by atoms with van der Waals surface area (Å²) in [5.74, 6) is 0.778. The Bertz CT molecular complexity index is 1080. The van der Waals surface area contributed by atoms with Gasteiger partial charge >= 0.3 is 0 Å². The Hall–Kier alpha value is -3.12. The average molecular weight is 481 g/mol. The smallest absolute Gasteiger partial charge is 0.262 e. The highest BCUT2D eigenvalue weighted by molar-refractivity contribution is 9.10. The van der Waals surface area contributed by atoms with Gasteiger partial charge in [-0.1, -0.05) is 24.3 Å². The zero-order valence-electron chi connectivity index (χ0n) is 17.8. The van der Waals surface area contributed by atoms with Gasteiger partial charge in [-0.3, -0.25) is 9.79 Å². The molecule has 1 amide bonds. The molecule has 31 heavy (non-hydrogen) atoms. The molecule has 0 bridgehead atoms. The molecule has 3 rings (SSSR count). The highest BCUT2D eigenvalue weighted by Gasteiger charge is 2.14. The van der Waals surface area contributed by atoms with E-state index in [0.29, 0.717) is 22.6 Å². The van der Waals surface area contributed by atoms with E-state index in [0.717, 1.165) is 16.9 Å². The number of ether oxygens (including phenoxy) is 2. The topological polar surface area (TPSA) is 59.9 Å². The normalized spacial score (nSPS) is 10.8. The SMILES string of the molecule is CCOc1cc(C=Nc2ccc(C)c(C)c2)cc(Br)c1OCC(=O)Nc1ccccc1. The van der Waals surface area contributed by atoms with E-state index in [-0.39, 0.29) is 12.5 Å². The third-order valence-corrected chi connectivity index (χ3v) is 5.18. The summed E-state index contributed by atoms with van der Waals surface area (Å²) in [5, 5.41) is 2.80. The number of benzene rings is 3. The second-order valence-corrected chi connectivity index (χ2v) is 7.85. The summed E-state index contributed by atoms with van der Waals surface area (Å²) >= 11 is 3.53. The van der Waals surface area contributed by atoms with Gasteiger partial charge in [-0.05, 0) is 89.8 Å². The maximum Gasteiger partial charge on any atom is 0.262 e. The average Bonchev–Trinajstić information content (AvgIpc) is 2.75. The number of halogens is 1. The van der Waals surface area contributed by atoms with Gasteiger partial charge < -0.3 is 14.8 Å². The van der Waals surface area contributed by atoms with Crippen LogP contribution in [0.5, 0.6) is 11.5 Å². The van der Waals surface area contributed by atoms with Crippen LogP contribution in [-0.2, 0) is 4.79 Å². The van der Waals surface area contributed by atoms with Gasteiger partial charge in [0.05, 0.1) is 16.8 Å². The molecule has 6 heteroatoms. The maximum absolute atomic E-state index is 12.2. The fraction of sp³-hybridized carbons (Fsp3) is 0.200. The van der Waals surface area contributed by atoms with Crippen molar-refractivity contribution < 1.29 is 14.3 Å². The van der Waals surface area contributed by atoms with Crippen molar-refractivity contribution in [3.05, 3.63) is 81.8 Å². The quantitative estimate of drug-likeness (QED) is 0.388. The Labute approximate surface area is 191 Å². The number of rotatable bonds is 8. The number of aliphatic imine (C=N–C) groups is 1. The van der Waals surface area contributed by atoms with E-state index in [1.807, 2.05) is 61.5 Å². The van der Waals surface area contributed by atoms with Crippen LogP contribution in [0.15, 0.2) is 70.1 Å². The molecule has 0 aliphatic heterocycles. The second kappa shape index (κ2) is 10.8. The molecule has 0 heterocycles. The summed E-state index contributed by atoms with van der Waals surface area (Å²) in [6.07, 6.45) is 1.78. The molecule has 5 nitrogen and oxygen atoms in total. The van der Waals surface area contributed by atoms with Crippen LogP contribution in [0.3, 0.4) is 0 Å². The fourth-order valence-electron chi connectivity index (χ4n) is 2.88. The van der Waals surface area contributed by atoms with E-state index in [1.165, 1.54) is 11.1 Å². The monoisotopic (exact) mass is 480 g/mol. The lowest BCUT2D eigenvalue weighted by Gasteiger charge is -2.14. The molecule has 160 valence electrons. The van der Waals surface area contributed by atoms with Gasteiger partial charge in [0.25, 0.3) is 5.91 Å². The van der Waals surface area contributed by atoms with Gasteiger partial charge in [0.2, 0.25) is 0 Å². The molecule has 0 saturated carbocycles. The van der Waals surface area contributed by atoms with Crippen molar-refractivity contribution in [2.45, 2.75) is 20.8 Å². The van der Waals surface area contributed by atoms with Crippen LogP contribution in [0.1, 0.15) is 23.6 Å². The number of nitrogens with zero attached hydrogens (tertiary/aromatic N) is 1. The van der Waals surface area contributed by atoms with E-state index in [2.05, 4.69) is 46.2 Å². The van der Waals surface area contributed by atoms with Crippen molar-refractivity contribution in [3.8, 4) is 11.5 Å². The standard InChI is InChI=1S/C25H25BrN2O3/c1-4-30-23-14-19(15-27-21-11-10-17(2)18(3)12-21)13-22(26)25(23)31-16-24(29)28-20-8-6-5-7-9-20/h5-15H,4,16H2,1-3H3,(H,28,29). The predicted molar refractivity (Wildman–Crippen MR) is 129 cm³/mol. The highest BCUT2D eigenvalue weighted by Crippen LogP contribution is 2.36. The zero-order chi connectivity index (χ0) is 22.2. The molecule has 3 aromatic carbocycles. The van der Waals surface area contributed by atoms with Crippen LogP contribution in [0.2, 0.25) is 0 Å². The number of para-hydroxylation sites is 1. The second-order valence-electron chi connectivity index (χ2n) is 6.99. The first kappa shape index (κ1) is 22.6. The number of nitrogens with one attached hydrogen (secondary N) is 1. The minimum absolute atomic E-state index is 0.135. The van der Waals surface area contributed by atoms with Crippen molar-refractivity contribution in [1.82, 2.24) is 0 Å². The van der Waals surface area contributed by atoms with E-state index in [1.54, 1.807) is 6.21 Å². The molecule has 1 N–H and O–H groups in total. The largest absolute Gasteiger partial charge is 0.490 e. The van der Waals surface area contributed by atoms with Gasteiger partial charge in [-0.15, -0.1) is 0 Å². The van der Waals surface area contributed by atoms with Crippen LogP contribution in [-0.4, -0.2) is 25.3 Å². The van der Waals surface area contributed by atoms with Crippen molar-refractivity contribution >= 4 is 39.4 Å². The Morgan fingerprint density at radius 3 is 2.52 bits per heavy atom. The Kier molecular flexibility index (Phi) is 7.84. The first-order valence-electron chi connectivity index (χ1n) is 10.0. The van der Waals surface area contributed by atoms with Crippen molar-refractivity contribution in [2.75, 3.05) is 18.5 Å². The van der Waals surface area contributed by atoms with Crippen molar-refractivity contribution in [1.29, 1.82) is 0 Å². The van der Waals surface area contributed by atoms with Crippen LogP contribution in [0.25, 0.3) is 0 Å². The molecule has 0 unspecified atom stereocenters. The third-order valence-electron chi connectivity index (χ3n) is 4.59. The molecule has 0 aromatic heterocycles. The van der Waals surface area contributed by atoms with Gasteiger partial charge in [-0.25, -0.2) is 0 Å². The molecule has 0 aliphatic carbocycles. The lowest BCUT2D eigenvalue weighted by molar-refractivity contribution is -0.118. The summed E-state index contributed by atoms with van der Waals surface area (Å²) in [6.45, 7) is 6.38. The first-order valence-corrected chi connectivity index (χ1v) is 10.8. The summed E-state index contributed by atoms with van der Waals surface area (Å²) < 4.78 is 12.2. The molecular weight excluding hydrogens is 456 g/mol. The van der Waals surface area contributed by atoms with Gasteiger partial charge in [0, 0.05) is 11.9 Å². The predicted octanol–water partition coefficient (Wildman–Crippen LogP) is 6.23. The van der Waals surface area contributed by atoms with E-state index < -0.39 is 0 Å².